The summed E-state index contributed by atoms with van der Waals surface area (Å²) in [4.78, 5) is 0. The van der Waals surface area contributed by atoms with Gasteiger partial charge in [0.05, 0.1) is 0 Å². The molecule has 1 spiro atoms. The second-order valence-corrected chi connectivity index (χ2v) is 17.9. The van der Waals surface area contributed by atoms with Gasteiger partial charge in [-0.1, -0.05) is 23.8 Å². The molecule has 3 aliphatic rings. The van der Waals surface area contributed by atoms with Crippen LogP contribution >= 0.6 is 64.3 Å². The largest absolute Gasteiger partial charge is 0.257 e. The van der Waals surface area contributed by atoms with Gasteiger partial charge in [0, 0.05) is 19.6 Å². The first-order chi connectivity index (χ1) is 9.73. The summed E-state index contributed by atoms with van der Waals surface area (Å²) in [5.74, 6) is -5.75. The van der Waals surface area contributed by atoms with Crippen LogP contribution < -0.4 is 0 Å². The monoisotopic (exact) mass is 425 g/mol. The van der Waals surface area contributed by atoms with E-state index in [9.17, 15) is 0 Å². The van der Waals surface area contributed by atoms with Gasteiger partial charge in [-0.05, 0) is 58.4 Å². The van der Waals surface area contributed by atoms with Crippen molar-refractivity contribution in [1.29, 1.82) is 0 Å². The minimum absolute atomic E-state index is 0.777. The summed E-state index contributed by atoms with van der Waals surface area (Å²) in [5, 5.41) is 0. The summed E-state index contributed by atoms with van der Waals surface area (Å²) in [6.45, 7) is 2.46. The lowest BCUT2D eigenvalue weighted by Gasteiger charge is -2.34. The Labute approximate surface area is 143 Å². The highest BCUT2D eigenvalue weighted by atomic mass is 35.9. The molecule has 0 aromatic carbocycles. The predicted octanol–water partition coefficient (Wildman–Crippen LogP) is 6.93. The highest BCUT2D eigenvalue weighted by Crippen LogP contribution is 2.86. The van der Waals surface area contributed by atoms with Crippen molar-refractivity contribution in [3.05, 3.63) is 23.8 Å². The second kappa shape index (κ2) is 5.96. The number of hydrogen-bond donors (Lipinski definition) is 0. The number of likely N-dealkylation sites (N-methyl/N-ethyl adjacent to an activating group) is 1. The van der Waals surface area contributed by atoms with Crippen LogP contribution in [0.1, 0.15) is 6.42 Å². The van der Waals surface area contributed by atoms with Crippen molar-refractivity contribution in [3.8, 4) is 0 Å². The first-order valence-corrected chi connectivity index (χ1v) is 14.9. The molecule has 1 atom stereocenters. The van der Waals surface area contributed by atoms with Crippen LogP contribution in [0, 0.1) is 0 Å². The van der Waals surface area contributed by atoms with Gasteiger partial charge in [-0.25, -0.2) is 9.34 Å². The smallest absolute Gasteiger partial charge is 0.241 e. The van der Waals surface area contributed by atoms with Crippen LogP contribution in [0.25, 0.3) is 0 Å². The summed E-state index contributed by atoms with van der Waals surface area (Å²) >= 11 is 25.1. The van der Waals surface area contributed by atoms with Crippen molar-refractivity contribution in [2.24, 2.45) is 13.5 Å². The molecule has 0 radical (unpaired) electrons. The molecular formula is C9H14Cl4N5P3. The average Bonchev–Trinajstić information content (AvgIpc) is 2.90. The van der Waals surface area contributed by atoms with E-state index in [-0.39, 0.29) is 0 Å². The zero-order valence-corrected chi connectivity index (χ0v) is 16.9. The van der Waals surface area contributed by atoms with E-state index in [1.54, 1.807) is 0 Å². The van der Waals surface area contributed by atoms with E-state index >= 15 is 0 Å². The van der Waals surface area contributed by atoms with Crippen molar-refractivity contribution >= 4 is 64.3 Å². The molecule has 0 amide bonds. The van der Waals surface area contributed by atoms with E-state index in [0.717, 1.165) is 26.1 Å². The molecule has 1 saturated heterocycles. The Hall–Kier alpha value is 1.25. The molecule has 2 heterocycles. The number of hydrogen-bond acceptors (Lipinski definition) is 5. The van der Waals surface area contributed by atoms with E-state index in [2.05, 4.69) is 41.1 Å². The molecule has 118 valence electrons. The minimum atomic E-state index is -2.88. The van der Waals surface area contributed by atoms with Gasteiger partial charge in [0.15, 0.2) is 0 Å². The number of allylic oxidation sites excluding steroid dienone is 3. The SMILES string of the molecule is CN1CCN(CC2=CC=CC2)P12=NP(Cl)(Cl)=NP(Cl)(Cl)=N2. The van der Waals surface area contributed by atoms with E-state index in [1.165, 1.54) is 5.57 Å². The third kappa shape index (κ3) is 3.53. The molecule has 3 rings (SSSR count). The lowest BCUT2D eigenvalue weighted by atomic mass is 10.2. The van der Waals surface area contributed by atoms with Gasteiger partial charge >= 0.3 is 0 Å². The van der Waals surface area contributed by atoms with E-state index in [0.29, 0.717) is 0 Å². The van der Waals surface area contributed by atoms with E-state index in [1.807, 2.05) is 7.05 Å². The fourth-order valence-corrected chi connectivity index (χ4v) is 18.8. The molecule has 0 aromatic rings. The Morgan fingerprint density at radius 1 is 1.10 bits per heavy atom. The molecule has 2 aliphatic heterocycles. The van der Waals surface area contributed by atoms with Crippen LogP contribution in [0.4, 0.5) is 0 Å². The molecule has 0 N–H and O–H groups in total. The lowest BCUT2D eigenvalue weighted by molar-refractivity contribution is 0.512. The van der Waals surface area contributed by atoms with Crippen LogP contribution in [0.3, 0.4) is 0 Å². The summed E-state index contributed by atoms with van der Waals surface area (Å²) in [7, 11) is -0.445. The van der Waals surface area contributed by atoms with E-state index in [4.69, 9.17) is 45.0 Å². The molecule has 12 heteroatoms. The fraction of sp³-hybridized carbons (Fsp3) is 0.556. The molecule has 1 aliphatic carbocycles. The van der Waals surface area contributed by atoms with Gasteiger partial charge < -0.3 is 0 Å². The Bertz CT molecular complexity index is 680. The van der Waals surface area contributed by atoms with Gasteiger partial charge in [-0.15, -0.1) is 0 Å². The van der Waals surface area contributed by atoms with E-state index < -0.39 is 19.3 Å². The topological polar surface area (TPSA) is 43.6 Å². The number of nitrogens with zero attached hydrogens (tertiary/aromatic N) is 5. The van der Waals surface area contributed by atoms with Crippen LogP contribution in [0.2, 0.25) is 0 Å². The maximum atomic E-state index is 6.26. The second-order valence-electron chi connectivity index (χ2n) is 4.94. The minimum Gasteiger partial charge on any atom is -0.241 e. The highest BCUT2D eigenvalue weighted by molar-refractivity contribution is 8.20. The van der Waals surface area contributed by atoms with Crippen molar-refractivity contribution in [1.82, 2.24) is 9.34 Å². The molecule has 1 fully saturated rings. The Balaban J connectivity index is 2.06. The molecule has 1 unspecified atom stereocenters. The Kier molecular flexibility index (Phi) is 4.85. The van der Waals surface area contributed by atoms with Crippen molar-refractivity contribution in [2.75, 3.05) is 26.7 Å². The highest BCUT2D eigenvalue weighted by Gasteiger charge is 2.44. The summed E-state index contributed by atoms with van der Waals surface area (Å²) in [6.07, 6.45) is 7.27. The standard InChI is InChI=1S/C9H14Cl4N5P3/c1-17-6-7-18(8-9-4-2-3-5-9)21(17)15-19(10,11)14-20(12,13)16-21/h2-4H,5-8H2,1H3. The lowest BCUT2D eigenvalue weighted by Crippen LogP contribution is -2.19. The van der Waals surface area contributed by atoms with Gasteiger partial charge in [-0.2, -0.15) is 13.5 Å². The Morgan fingerprint density at radius 2 is 1.81 bits per heavy atom. The summed E-state index contributed by atoms with van der Waals surface area (Å²) in [5.41, 5.74) is 1.32. The van der Waals surface area contributed by atoms with Crippen LogP contribution in [-0.2, 0) is 0 Å². The normalized spacial score (nSPS) is 34.4. The van der Waals surface area contributed by atoms with Crippen LogP contribution in [0.5, 0.6) is 0 Å². The molecule has 21 heavy (non-hydrogen) atoms. The molecule has 5 nitrogen and oxygen atoms in total. The van der Waals surface area contributed by atoms with Gasteiger partial charge in [-0.3, -0.25) is 0 Å². The van der Waals surface area contributed by atoms with Gasteiger partial charge in [0.25, 0.3) is 11.8 Å². The third-order valence-corrected chi connectivity index (χ3v) is 15.9. The van der Waals surface area contributed by atoms with Crippen LogP contribution in [0.15, 0.2) is 37.3 Å². The predicted molar refractivity (Wildman–Crippen MR) is 97.5 cm³/mol. The fourth-order valence-electron chi connectivity index (χ4n) is 2.48. The maximum absolute atomic E-state index is 6.26. The summed E-state index contributed by atoms with van der Waals surface area (Å²) < 4.78 is 17.6. The molecule has 0 aromatic heterocycles. The molecule has 0 saturated carbocycles. The van der Waals surface area contributed by atoms with Crippen LogP contribution in [-0.4, -0.2) is 36.0 Å². The maximum Gasteiger partial charge on any atom is 0.257 e. The Morgan fingerprint density at radius 3 is 2.43 bits per heavy atom. The quantitative estimate of drug-likeness (QED) is 0.449. The molecule has 0 bridgehead atoms. The zero-order valence-electron chi connectivity index (χ0n) is 11.2. The third-order valence-electron chi connectivity index (χ3n) is 3.42. The number of halogens is 4. The first-order valence-electron chi connectivity index (χ1n) is 6.24. The van der Waals surface area contributed by atoms with Gasteiger partial charge in [0.2, 0.25) is 7.51 Å². The first kappa shape index (κ1) is 17.1. The average molecular weight is 427 g/mol. The van der Waals surface area contributed by atoms with Crippen molar-refractivity contribution in [3.63, 3.8) is 0 Å². The van der Waals surface area contributed by atoms with Gasteiger partial charge in [0.1, 0.15) is 0 Å². The zero-order chi connectivity index (χ0) is 15.3. The van der Waals surface area contributed by atoms with Crippen molar-refractivity contribution < 1.29 is 0 Å². The van der Waals surface area contributed by atoms with Crippen molar-refractivity contribution in [2.45, 2.75) is 6.42 Å². The number of rotatable bonds is 2. The summed E-state index contributed by atoms with van der Waals surface area (Å²) in [6, 6.07) is 0. The molecular weight excluding hydrogens is 413 g/mol.